The van der Waals surface area contributed by atoms with Gasteiger partial charge in [0.15, 0.2) is 5.75 Å². The lowest BCUT2D eigenvalue weighted by atomic mass is 10.1. The highest BCUT2D eigenvalue weighted by Gasteiger charge is 2.22. The second-order valence-electron chi connectivity index (χ2n) is 4.69. The number of aromatic nitrogens is 5. The average Bonchev–Trinajstić information content (AvgIpc) is 2.98. The van der Waals surface area contributed by atoms with Crippen molar-refractivity contribution in [1.29, 1.82) is 0 Å². The van der Waals surface area contributed by atoms with E-state index in [9.17, 15) is 25.5 Å². The summed E-state index contributed by atoms with van der Waals surface area (Å²) in [7, 11) is 0. The first-order valence-electron chi connectivity index (χ1n) is 6.37. The number of aromatic hydroxyl groups is 2. The molecule has 2 aromatic heterocycles. The predicted molar refractivity (Wildman–Crippen MR) is 83.6 cm³/mol. The Hall–Kier alpha value is -3.18. The molecule has 0 aliphatic carbocycles. The molecule has 2 N–H and O–H groups in total. The molecule has 0 fully saturated rings. The van der Waals surface area contributed by atoms with E-state index >= 15 is 0 Å². The Balaban J connectivity index is 2.11. The minimum Gasteiger partial charge on any atom is -0.619 e. The Morgan fingerprint density at radius 2 is 1.84 bits per heavy atom. The highest BCUT2D eigenvalue weighted by Crippen LogP contribution is 2.38. The fourth-order valence-electron chi connectivity index (χ4n) is 1.99. The minimum atomic E-state index is -0.879. The maximum Gasteiger partial charge on any atom is 0.315 e. The molecule has 0 spiro atoms. The second-order valence-corrected chi connectivity index (χ2v) is 5.50. The van der Waals surface area contributed by atoms with Crippen LogP contribution in [0.1, 0.15) is 0 Å². The molecule has 0 unspecified atom stereocenters. The molecule has 11 nitrogen and oxygen atoms in total. The number of nitrogens with zero attached hydrogens (tertiary/aromatic N) is 6. The molecule has 0 atom stereocenters. The summed E-state index contributed by atoms with van der Waals surface area (Å²) in [4.78, 5) is 11.0. The van der Waals surface area contributed by atoms with Gasteiger partial charge in [0.1, 0.15) is 15.7 Å². The van der Waals surface area contributed by atoms with Gasteiger partial charge in [0.2, 0.25) is 24.0 Å². The van der Waals surface area contributed by atoms with E-state index in [0.717, 1.165) is 29.3 Å². The van der Waals surface area contributed by atoms with Gasteiger partial charge in [-0.05, 0) is 11.3 Å². The van der Waals surface area contributed by atoms with Crippen LogP contribution in [0, 0.1) is 15.3 Å². The van der Waals surface area contributed by atoms with Crippen LogP contribution in [0.25, 0.3) is 17.1 Å². The lowest BCUT2D eigenvalue weighted by molar-refractivity contribution is -0.605. The molecule has 25 heavy (non-hydrogen) atoms. The maximum absolute atomic E-state index is 11.3. The van der Waals surface area contributed by atoms with E-state index in [4.69, 9.17) is 23.2 Å². The van der Waals surface area contributed by atoms with Crippen molar-refractivity contribution in [1.82, 2.24) is 20.2 Å². The van der Waals surface area contributed by atoms with Crippen LogP contribution >= 0.6 is 23.2 Å². The SMILES string of the molecule is O=[N+]([O-])c1cc(-c2nnn(-c3c(Cl)c[n+]([O-])cc3Cl)n2)cc(O)c1O. The second kappa shape index (κ2) is 6.03. The van der Waals surface area contributed by atoms with Gasteiger partial charge < -0.3 is 15.4 Å². The number of nitro groups is 1. The van der Waals surface area contributed by atoms with Crippen LogP contribution in [0.4, 0.5) is 5.69 Å². The number of pyridine rings is 1. The molecular formula is C12H6Cl2N6O5. The van der Waals surface area contributed by atoms with Gasteiger partial charge in [-0.3, -0.25) is 10.1 Å². The van der Waals surface area contributed by atoms with Crippen LogP contribution in [0.2, 0.25) is 10.0 Å². The van der Waals surface area contributed by atoms with Crippen LogP contribution in [-0.2, 0) is 0 Å². The van der Waals surface area contributed by atoms with Crippen molar-refractivity contribution in [2.75, 3.05) is 0 Å². The molecule has 0 aliphatic rings. The molecule has 0 amide bonds. The van der Waals surface area contributed by atoms with Gasteiger partial charge in [-0.15, -0.1) is 15.0 Å². The van der Waals surface area contributed by atoms with Gasteiger partial charge in [0.05, 0.1) is 4.92 Å². The first-order valence-corrected chi connectivity index (χ1v) is 7.12. The Bertz CT molecular complexity index is 985. The Morgan fingerprint density at radius 1 is 1.20 bits per heavy atom. The lowest BCUT2D eigenvalue weighted by Gasteiger charge is -2.04. The van der Waals surface area contributed by atoms with Crippen molar-refractivity contribution in [2.24, 2.45) is 0 Å². The lowest BCUT2D eigenvalue weighted by Crippen LogP contribution is -2.25. The number of hydrogen-bond acceptors (Lipinski definition) is 8. The Labute approximate surface area is 148 Å². The molecule has 3 aromatic rings. The first kappa shape index (κ1) is 16.7. The third-order valence-electron chi connectivity index (χ3n) is 3.07. The predicted octanol–water partition coefficient (Wildman–Crippen LogP) is 1.59. The van der Waals surface area contributed by atoms with Crippen molar-refractivity contribution < 1.29 is 19.9 Å². The molecule has 13 heteroatoms. The van der Waals surface area contributed by atoms with E-state index in [1.165, 1.54) is 0 Å². The van der Waals surface area contributed by atoms with Crippen LogP contribution in [-0.4, -0.2) is 35.3 Å². The number of nitro benzene ring substituents is 1. The summed E-state index contributed by atoms with van der Waals surface area (Å²) in [5, 5.41) is 52.6. The highest BCUT2D eigenvalue weighted by molar-refractivity contribution is 6.37. The topological polar surface area (TPSA) is 154 Å². The molecular weight excluding hydrogens is 379 g/mol. The Morgan fingerprint density at radius 3 is 2.44 bits per heavy atom. The summed E-state index contributed by atoms with van der Waals surface area (Å²) in [6, 6.07) is 2.00. The quantitative estimate of drug-likeness (QED) is 0.226. The third kappa shape index (κ3) is 2.97. The molecule has 2 heterocycles. The van der Waals surface area contributed by atoms with E-state index < -0.39 is 22.1 Å². The highest BCUT2D eigenvalue weighted by atomic mass is 35.5. The van der Waals surface area contributed by atoms with Crippen molar-refractivity contribution in [2.45, 2.75) is 0 Å². The number of benzene rings is 1. The summed E-state index contributed by atoms with van der Waals surface area (Å²) < 4.78 is 0.396. The summed E-state index contributed by atoms with van der Waals surface area (Å²) in [6.45, 7) is 0. The van der Waals surface area contributed by atoms with Gasteiger partial charge >= 0.3 is 5.69 Å². The van der Waals surface area contributed by atoms with Crippen molar-refractivity contribution >= 4 is 28.9 Å². The number of phenols is 2. The smallest absolute Gasteiger partial charge is 0.315 e. The van der Waals surface area contributed by atoms with Gasteiger partial charge in [-0.1, -0.05) is 23.2 Å². The van der Waals surface area contributed by atoms with Gasteiger partial charge in [-0.25, -0.2) is 0 Å². The molecule has 128 valence electrons. The Kier molecular flexibility index (Phi) is 4.02. The number of hydrogen-bond donors (Lipinski definition) is 2. The first-order chi connectivity index (χ1) is 11.8. The molecule has 0 aliphatic heterocycles. The van der Waals surface area contributed by atoms with Crippen molar-refractivity contribution in [3.8, 4) is 28.6 Å². The van der Waals surface area contributed by atoms with Crippen LogP contribution in [0.15, 0.2) is 24.5 Å². The summed E-state index contributed by atoms with van der Waals surface area (Å²) >= 11 is 11.9. The largest absolute Gasteiger partial charge is 0.619 e. The van der Waals surface area contributed by atoms with E-state index in [-0.39, 0.29) is 27.1 Å². The average molecular weight is 385 g/mol. The summed E-state index contributed by atoms with van der Waals surface area (Å²) in [5.41, 5.74) is -0.628. The van der Waals surface area contributed by atoms with Crippen LogP contribution < -0.4 is 4.73 Å². The van der Waals surface area contributed by atoms with Gasteiger partial charge in [0.25, 0.3) is 0 Å². The molecule has 0 saturated heterocycles. The maximum atomic E-state index is 11.3. The zero-order valence-corrected chi connectivity index (χ0v) is 13.4. The minimum absolute atomic E-state index is 0.0234. The molecule has 1 aromatic carbocycles. The van der Waals surface area contributed by atoms with E-state index in [1.807, 2.05) is 0 Å². The normalized spacial score (nSPS) is 10.8. The van der Waals surface area contributed by atoms with Crippen molar-refractivity contribution in [3.05, 3.63) is 49.9 Å². The number of halogens is 2. The van der Waals surface area contributed by atoms with E-state index in [0.29, 0.717) is 4.73 Å². The fourth-order valence-corrected chi connectivity index (χ4v) is 2.58. The molecule has 0 bridgehead atoms. The van der Waals surface area contributed by atoms with E-state index in [1.54, 1.807) is 0 Å². The zero-order valence-electron chi connectivity index (χ0n) is 11.9. The van der Waals surface area contributed by atoms with Crippen LogP contribution in [0.5, 0.6) is 11.5 Å². The monoisotopic (exact) mass is 384 g/mol. The molecule has 3 rings (SSSR count). The van der Waals surface area contributed by atoms with Crippen molar-refractivity contribution in [3.63, 3.8) is 0 Å². The summed E-state index contributed by atoms with van der Waals surface area (Å²) in [5.74, 6) is -1.71. The number of phenolic OH excluding ortho intramolecular Hbond substituents is 2. The zero-order chi connectivity index (χ0) is 18.3. The molecule has 0 saturated carbocycles. The third-order valence-corrected chi connectivity index (χ3v) is 3.62. The summed E-state index contributed by atoms with van der Waals surface area (Å²) in [6.07, 6.45) is 2.06. The molecule has 0 radical (unpaired) electrons. The number of rotatable bonds is 3. The fraction of sp³-hybridized carbons (Fsp3) is 0. The standard InChI is InChI=1S/C12H6Cl2N6O5/c13-6-3-18(23)4-7(14)10(6)19-16-12(15-17-19)5-1-8(20(24)25)11(22)9(21)2-5/h1-4,21-22H. The van der Waals surface area contributed by atoms with Crippen LogP contribution in [0.3, 0.4) is 0 Å². The van der Waals surface area contributed by atoms with Gasteiger partial charge in [0, 0.05) is 11.6 Å². The van der Waals surface area contributed by atoms with E-state index in [2.05, 4.69) is 15.4 Å². The number of tetrazole rings is 1. The van der Waals surface area contributed by atoms with Gasteiger partial charge in [-0.2, -0.15) is 4.73 Å².